The summed E-state index contributed by atoms with van der Waals surface area (Å²) in [5.74, 6) is 1.000. The van der Waals surface area contributed by atoms with Crippen LogP contribution < -0.4 is 10.2 Å². The van der Waals surface area contributed by atoms with E-state index in [1.54, 1.807) is 11.1 Å². The van der Waals surface area contributed by atoms with Crippen LogP contribution in [0.15, 0.2) is 24.4 Å². The fourth-order valence-electron chi connectivity index (χ4n) is 1.47. The Morgan fingerprint density at radius 2 is 2.05 bits per heavy atom. The molecule has 6 nitrogen and oxygen atoms in total. The molecule has 0 aliphatic rings. The van der Waals surface area contributed by atoms with Crippen LogP contribution in [0, 0.1) is 0 Å². The van der Waals surface area contributed by atoms with Gasteiger partial charge in [0, 0.05) is 39.0 Å². The van der Waals surface area contributed by atoms with Gasteiger partial charge < -0.3 is 10.2 Å². The van der Waals surface area contributed by atoms with Gasteiger partial charge in [-0.1, -0.05) is 6.07 Å². The number of hydrogen-bond donors (Lipinski definition) is 1. The number of aromatic nitrogens is 4. The van der Waals surface area contributed by atoms with Gasteiger partial charge in [-0.15, -0.1) is 0 Å². The molecule has 2 aromatic heterocycles. The lowest BCUT2D eigenvalue weighted by atomic mass is 10.3. The van der Waals surface area contributed by atoms with E-state index in [1.165, 1.54) is 0 Å². The molecule has 19 heavy (non-hydrogen) atoms. The van der Waals surface area contributed by atoms with E-state index in [-0.39, 0.29) is 5.28 Å². The second-order valence-corrected chi connectivity index (χ2v) is 4.46. The summed E-state index contributed by atoms with van der Waals surface area (Å²) in [6, 6.07) is 5.84. The summed E-state index contributed by atoms with van der Waals surface area (Å²) in [5, 5.41) is 3.30. The van der Waals surface area contributed by atoms with E-state index in [4.69, 9.17) is 11.6 Å². The molecular formula is C12H15ClN6. The lowest BCUT2D eigenvalue weighted by Crippen LogP contribution is -2.16. The lowest BCUT2D eigenvalue weighted by Gasteiger charge is -2.11. The molecule has 0 unspecified atom stereocenters. The minimum Gasteiger partial charge on any atom is -0.354 e. The smallest absolute Gasteiger partial charge is 0.230 e. The fraction of sp³-hybridized carbons (Fsp3) is 0.333. The molecule has 0 bridgehead atoms. The molecule has 0 saturated carbocycles. The Morgan fingerprint density at radius 1 is 1.21 bits per heavy atom. The minimum absolute atomic E-state index is 0.180. The van der Waals surface area contributed by atoms with Crippen LogP contribution in [-0.4, -0.2) is 40.6 Å². The minimum atomic E-state index is 0.180. The SMILES string of the molecule is CN(C)c1nc(Cl)nc(NCCc2ccccn2)n1. The van der Waals surface area contributed by atoms with Crippen LogP contribution in [0.4, 0.5) is 11.9 Å². The first-order chi connectivity index (χ1) is 9.15. The van der Waals surface area contributed by atoms with Crippen molar-refractivity contribution in [3.05, 3.63) is 35.4 Å². The third-order valence-corrected chi connectivity index (χ3v) is 2.56. The number of hydrogen-bond acceptors (Lipinski definition) is 6. The molecule has 0 amide bonds. The van der Waals surface area contributed by atoms with E-state index >= 15 is 0 Å². The molecule has 0 aliphatic heterocycles. The summed E-state index contributed by atoms with van der Waals surface area (Å²) < 4.78 is 0. The number of halogens is 1. The first-order valence-electron chi connectivity index (χ1n) is 5.88. The van der Waals surface area contributed by atoms with Gasteiger partial charge in [0.2, 0.25) is 17.2 Å². The molecule has 2 rings (SSSR count). The van der Waals surface area contributed by atoms with Crippen LogP contribution in [-0.2, 0) is 6.42 Å². The summed E-state index contributed by atoms with van der Waals surface area (Å²) >= 11 is 5.85. The van der Waals surface area contributed by atoms with Gasteiger partial charge in [-0.25, -0.2) is 0 Å². The van der Waals surface area contributed by atoms with Crippen LogP contribution in [0.1, 0.15) is 5.69 Å². The predicted molar refractivity (Wildman–Crippen MR) is 75.6 cm³/mol. The molecule has 0 aromatic carbocycles. The molecule has 100 valence electrons. The second kappa shape index (κ2) is 6.29. The monoisotopic (exact) mass is 278 g/mol. The molecule has 0 radical (unpaired) electrons. The molecule has 0 aliphatic carbocycles. The van der Waals surface area contributed by atoms with Crippen LogP contribution in [0.25, 0.3) is 0 Å². The predicted octanol–water partition coefficient (Wildman–Crippen LogP) is 1.64. The molecular weight excluding hydrogens is 264 g/mol. The standard InChI is InChI=1S/C12H15ClN6/c1-19(2)12-17-10(13)16-11(18-12)15-8-6-9-5-3-4-7-14-9/h3-5,7H,6,8H2,1-2H3,(H,15,16,17,18). The summed E-state index contributed by atoms with van der Waals surface area (Å²) in [5.41, 5.74) is 1.02. The molecule has 7 heteroatoms. The summed E-state index contributed by atoms with van der Waals surface area (Å²) in [6.07, 6.45) is 2.57. The molecule has 0 saturated heterocycles. The average molecular weight is 279 g/mol. The lowest BCUT2D eigenvalue weighted by molar-refractivity contribution is 0.913. The average Bonchev–Trinajstić information content (AvgIpc) is 2.39. The van der Waals surface area contributed by atoms with Crippen molar-refractivity contribution in [1.29, 1.82) is 0 Å². The van der Waals surface area contributed by atoms with Gasteiger partial charge in [-0.3, -0.25) is 4.98 Å². The molecule has 2 aromatic rings. The highest BCUT2D eigenvalue weighted by atomic mass is 35.5. The van der Waals surface area contributed by atoms with E-state index in [1.807, 2.05) is 32.3 Å². The zero-order valence-electron chi connectivity index (χ0n) is 10.8. The highest BCUT2D eigenvalue weighted by Gasteiger charge is 2.06. The van der Waals surface area contributed by atoms with E-state index in [2.05, 4.69) is 25.3 Å². The van der Waals surface area contributed by atoms with Crippen molar-refractivity contribution in [1.82, 2.24) is 19.9 Å². The van der Waals surface area contributed by atoms with Crippen molar-refractivity contribution in [3.63, 3.8) is 0 Å². The highest BCUT2D eigenvalue weighted by molar-refractivity contribution is 6.28. The number of pyridine rings is 1. The zero-order chi connectivity index (χ0) is 13.7. The van der Waals surface area contributed by atoms with Gasteiger partial charge in [-0.2, -0.15) is 15.0 Å². The first kappa shape index (κ1) is 13.5. The maximum absolute atomic E-state index is 5.85. The van der Waals surface area contributed by atoms with Crippen molar-refractivity contribution >= 4 is 23.5 Å². The Hall–Kier alpha value is -1.95. The first-order valence-corrected chi connectivity index (χ1v) is 6.25. The molecule has 1 N–H and O–H groups in total. The number of anilines is 2. The molecule has 0 atom stereocenters. The van der Waals surface area contributed by atoms with E-state index < -0.39 is 0 Å². The van der Waals surface area contributed by atoms with Gasteiger partial charge >= 0.3 is 0 Å². The number of nitrogens with zero attached hydrogens (tertiary/aromatic N) is 5. The Balaban J connectivity index is 1.96. The van der Waals surface area contributed by atoms with Gasteiger partial charge in [0.15, 0.2) is 0 Å². The van der Waals surface area contributed by atoms with Crippen molar-refractivity contribution < 1.29 is 0 Å². The van der Waals surface area contributed by atoms with Gasteiger partial charge in [0.1, 0.15) is 0 Å². The second-order valence-electron chi connectivity index (χ2n) is 4.12. The molecule has 0 spiro atoms. The third kappa shape index (κ3) is 4.03. The van der Waals surface area contributed by atoms with E-state index in [9.17, 15) is 0 Å². The Kier molecular flexibility index (Phi) is 4.46. The largest absolute Gasteiger partial charge is 0.354 e. The number of nitrogens with one attached hydrogen (secondary N) is 1. The quantitative estimate of drug-likeness (QED) is 0.897. The maximum Gasteiger partial charge on any atom is 0.230 e. The summed E-state index contributed by atoms with van der Waals surface area (Å²) in [7, 11) is 3.70. The molecule has 0 fully saturated rings. The van der Waals surface area contributed by atoms with Crippen molar-refractivity contribution in [3.8, 4) is 0 Å². The van der Waals surface area contributed by atoms with Crippen molar-refractivity contribution in [2.45, 2.75) is 6.42 Å². The van der Waals surface area contributed by atoms with Crippen LogP contribution >= 0.6 is 11.6 Å². The zero-order valence-corrected chi connectivity index (χ0v) is 11.6. The maximum atomic E-state index is 5.85. The third-order valence-electron chi connectivity index (χ3n) is 2.39. The van der Waals surface area contributed by atoms with E-state index in [0.29, 0.717) is 18.4 Å². The number of rotatable bonds is 5. The van der Waals surface area contributed by atoms with E-state index in [0.717, 1.165) is 12.1 Å². The Morgan fingerprint density at radius 3 is 2.74 bits per heavy atom. The van der Waals surface area contributed by atoms with Crippen LogP contribution in [0.2, 0.25) is 5.28 Å². The van der Waals surface area contributed by atoms with Crippen LogP contribution in [0.3, 0.4) is 0 Å². The highest BCUT2D eigenvalue weighted by Crippen LogP contribution is 2.11. The molecule has 2 heterocycles. The van der Waals surface area contributed by atoms with Crippen molar-refractivity contribution in [2.75, 3.05) is 30.9 Å². The van der Waals surface area contributed by atoms with Gasteiger partial charge in [0.05, 0.1) is 0 Å². The van der Waals surface area contributed by atoms with Crippen molar-refractivity contribution in [2.24, 2.45) is 0 Å². The van der Waals surface area contributed by atoms with Crippen LogP contribution in [0.5, 0.6) is 0 Å². The van der Waals surface area contributed by atoms with Gasteiger partial charge in [-0.05, 0) is 23.7 Å². The Labute approximate surface area is 116 Å². The fourth-order valence-corrected chi connectivity index (χ4v) is 1.62. The Bertz CT molecular complexity index is 531. The summed E-state index contributed by atoms with van der Waals surface area (Å²) in [4.78, 5) is 18.3. The summed E-state index contributed by atoms with van der Waals surface area (Å²) in [6.45, 7) is 0.685. The topological polar surface area (TPSA) is 66.8 Å². The van der Waals surface area contributed by atoms with Gasteiger partial charge in [0.25, 0.3) is 0 Å². The normalized spacial score (nSPS) is 10.3.